The van der Waals surface area contributed by atoms with E-state index in [2.05, 4.69) is 83.9 Å². The molecule has 0 spiro atoms. The van der Waals surface area contributed by atoms with Crippen LogP contribution in [0.2, 0.25) is 0 Å². The van der Waals surface area contributed by atoms with Crippen molar-refractivity contribution in [3.05, 3.63) is 67.9 Å². The van der Waals surface area contributed by atoms with Crippen molar-refractivity contribution in [2.24, 2.45) is 33.7 Å². The second-order valence-corrected chi connectivity index (χ2v) is 12.6. The minimum Gasteiger partial charge on any atom is -0.358 e. The Morgan fingerprint density at radius 2 is 1.71 bits per heavy atom. The Balaban J connectivity index is 1.81. The molecule has 0 aromatic carbocycles. The number of H-pyrrole nitrogens is 1. The third-order valence-corrected chi connectivity index (χ3v) is 10.1. The number of Topliss-reactive ketones (excluding diaryl/α,β-unsaturated/α-hetero) is 1. The van der Waals surface area contributed by atoms with Gasteiger partial charge in [0.05, 0.1) is 0 Å². The highest BCUT2D eigenvalue weighted by atomic mass is 16.1. The molecule has 5 heterocycles. The highest BCUT2D eigenvalue weighted by molar-refractivity contribution is 6.21. The number of aromatic nitrogens is 1. The average Bonchev–Trinajstić information content (AvgIpc) is 3.51. The van der Waals surface area contributed by atoms with E-state index >= 15 is 0 Å². The first-order chi connectivity index (χ1) is 19.6. The smallest absolute Gasteiger partial charge is 0.157 e. The van der Waals surface area contributed by atoms with Crippen LogP contribution in [0.3, 0.4) is 0 Å². The van der Waals surface area contributed by atoms with Crippen molar-refractivity contribution in [1.82, 2.24) is 10.3 Å². The summed E-state index contributed by atoms with van der Waals surface area (Å²) in [5.41, 5.74) is 12.7. The predicted molar refractivity (Wildman–Crippen MR) is 172 cm³/mol. The van der Waals surface area contributed by atoms with Crippen LogP contribution < -0.4 is 16.0 Å². The van der Waals surface area contributed by atoms with E-state index in [0.717, 1.165) is 65.1 Å². The van der Waals surface area contributed by atoms with E-state index in [9.17, 15) is 4.79 Å². The molecule has 1 aromatic heterocycles. The number of hydrogen-bond donors (Lipinski definition) is 2. The van der Waals surface area contributed by atoms with Crippen LogP contribution >= 0.6 is 0 Å². The number of fused-ring (bicyclic) bond motifs is 6. The molecule has 0 amide bonds. The van der Waals surface area contributed by atoms with Crippen molar-refractivity contribution >= 4 is 28.9 Å². The van der Waals surface area contributed by atoms with E-state index in [4.69, 9.17) is 9.98 Å². The summed E-state index contributed by atoms with van der Waals surface area (Å²) in [4.78, 5) is 27.2. The zero-order valence-electron chi connectivity index (χ0n) is 26.6. The van der Waals surface area contributed by atoms with Crippen LogP contribution in [0.15, 0.2) is 56.1 Å². The van der Waals surface area contributed by atoms with E-state index in [1.807, 2.05) is 0 Å². The molecule has 8 bridgehead atoms. The molecule has 4 aliphatic rings. The molecule has 0 fully saturated rings. The Morgan fingerprint density at radius 3 is 2.37 bits per heavy atom. The number of carbonyl (C=O) groups is 1. The summed E-state index contributed by atoms with van der Waals surface area (Å²) in [6.45, 7) is 19.7. The van der Waals surface area contributed by atoms with Crippen molar-refractivity contribution in [1.29, 1.82) is 0 Å². The first-order valence-electron chi connectivity index (χ1n) is 15.8. The number of allylic oxidation sites excluding steroid dienone is 6. The molecule has 0 saturated carbocycles. The fourth-order valence-corrected chi connectivity index (χ4v) is 7.28. The largest absolute Gasteiger partial charge is 0.358 e. The molecule has 5 heteroatoms. The van der Waals surface area contributed by atoms with Gasteiger partial charge in [0, 0.05) is 87.0 Å². The SMILES string of the molecule is CCCC1C2=NC(=CC3=C(C)CC(C(C)=O)=C(C/C=C4N=C(/C=c5\[nH]/c(c(C)c5C)=C\2CC)C(CC)[C@H]\4C)N3)[C@H]1C. The number of ketones is 1. The normalized spacial score (nSPS) is 29.6. The summed E-state index contributed by atoms with van der Waals surface area (Å²) in [5, 5.41) is 6.09. The van der Waals surface area contributed by atoms with Gasteiger partial charge in [-0.05, 0) is 81.4 Å². The van der Waals surface area contributed by atoms with Gasteiger partial charge in [-0.25, -0.2) is 0 Å². The van der Waals surface area contributed by atoms with Gasteiger partial charge < -0.3 is 10.3 Å². The fraction of sp³-hybridized carbons (Fsp3) is 0.528. The number of hydrogen-bond acceptors (Lipinski definition) is 4. The monoisotopic (exact) mass is 552 g/mol. The Hall–Kier alpha value is -3.21. The zero-order chi connectivity index (χ0) is 29.6. The lowest BCUT2D eigenvalue weighted by atomic mass is 9.83. The van der Waals surface area contributed by atoms with Crippen molar-refractivity contribution < 1.29 is 4.79 Å². The molecular weight excluding hydrogens is 504 g/mol. The van der Waals surface area contributed by atoms with Crippen LogP contribution in [0.5, 0.6) is 0 Å². The minimum absolute atomic E-state index is 0.138. The Bertz CT molecular complexity index is 1590. The van der Waals surface area contributed by atoms with Crippen LogP contribution in [-0.2, 0) is 4.79 Å². The lowest BCUT2D eigenvalue weighted by Gasteiger charge is -2.24. The molecule has 5 nitrogen and oxygen atoms in total. The van der Waals surface area contributed by atoms with Crippen molar-refractivity contribution in [3.63, 3.8) is 0 Å². The van der Waals surface area contributed by atoms with E-state index in [1.54, 1.807) is 6.92 Å². The maximum Gasteiger partial charge on any atom is 0.157 e. The highest BCUT2D eigenvalue weighted by Gasteiger charge is 2.35. The number of aromatic amines is 1. The van der Waals surface area contributed by atoms with Gasteiger partial charge in [0.15, 0.2) is 5.78 Å². The molecule has 0 saturated heterocycles. The Labute approximate surface area is 246 Å². The second kappa shape index (κ2) is 11.6. The molecule has 4 aliphatic heterocycles. The van der Waals surface area contributed by atoms with Crippen molar-refractivity contribution in [2.45, 2.75) is 101 Å². The topological polar surface area (TPSA) is 69.6 Å². The lowest BCUT2D eigenvalue weighted by Crippen LogP contribution is -2.25. The first kappa shape index (κ1) is 29.3. The average molecular weight is 553 g/mol. The molecule has 2 N–H and O–H groups in total. The molecule has 0 radical (unpaired) electrons. The van der Waals surface area contributed by atoms with Crippen LogP contribution in [0, 0.1) is 37.5 Å². The molecular formula is C36H48N4O. The van der Waals surface area contributed by atoms with Gasteiger partial charge >= 0.3 is 0 Å². The van der Waals surface area contributed by atoms with Gasteiger partial charge in [-0.3, -0.25) is 14.8 Å². The van der Waals surface area contributed by atoms with Gasteiger partial charge in [-0.2, -0.15) is 0 Å². The molecule has 41 heavy (non-hydrogen) atoms. The fourth-order valence-electron chi connectivity index (χ4n) is 7.28. The summed E-state index contributed by atoms with van der Waals surface area (Å²) in [6.07, 6.45) is 12.4. The Kier molecular flexibility index (Phi) is 8.27. The maximum atomic E-state index is 12.7. The molecule has 0 aliphatic carbocycles. The number of aliphatic imine (C=N–C) groups is 2. The van der Waals surface area contributed by atoms with Crippen LogP contribution in [0.4, 0.5) is 0 Å². The summed E-state index contributed by atoms with van der Waals surface area (Å²) in [5.74, 6) is 1.56. The lowest BCUT2D eigenvalue weighted by molar-refractivity contribution is -0.113. The van der Waals surface area contributed by atoms with Crippen molar-refractivity contribution in [2.75, 3.05) is 0 Å². The molecule has 218 valence electrons. The zero-order valence-corrected chi connectivity index (χ0v) is 26.6. The number of rotatable bonds is 5. The third kappa shape index (κ3) is 5.17. The molecule has 4 atom stereocenters. The summed E-state index contributed by atoms with van der Waals surface area (Å²) >= 11 is 0. The van der Waals surface area contributed by atoms with Crippen LogP contribution in [0.1, 0.15) is 98.1 Å². The van der Waals surface area contributed by atoms with Crippen LogP contribution in [0.25, 0.3) is 11.6 Å². The van der Waals surface area contributed by atoms with E-state index in [0.29, 0.717) is 36.5 Å². The molecule has 1 aromatic rings. The second-order valence-electron chi connectivity index (χ2n) is 12.6. The number of nitrogens with one attached hydrogen (secondary N) is 2. The van der Waals surface area contributed by atoms with E-state index < -0.39 is 0 Å². The van der Waals surface area contributed by atoms with Gasteiger partial charge in [-0.15, -0.1) is 0 Å². The minimum atomic E-state index is 0.138. The number of dihydropyridines is 1. The third-order valence-electron chi connectivity index (χ3n) is 10.1. The quantitative estimate of drug-likeness (QED) is 0.418. The predicted octanol–water partition coefficient (Wildman–Crippen LogP) is 6.88. The molecule has 5 rings (SSSR count). The summed E-state index contributed by atoms with van der Waals surface area (Å²) in [7, 11) is 0. The van der Waals surface area contributed by atoms with E-state index in [1.165, 1.54) is 33.3 Å². The highest BCUT2D eigenvalue weighted by Crippen LogP contribution is 2.39. The van der Waals surface area contributed by atoms with Crippen LogP contribution in [-0.4, -0.2) is 22.2 Å². The van der Waals surface area contributed by atoms with Gasteiger partial charge in [0.2, 0.25) is 0 Å². The maximum absolute atomic E-state index is 12.7. The number of nitrogens with zero attached hydrogens (tertiary/aromatic N) is 2. The summed E-state index contributed by atoms with van der Waals surface area (Å²) < 4.78 is 0. The molecule has 2 unspecified atom stereocenters. The van der Waals surface area contributed by atoms with Gasteiger partial charge in [0.1, 0.15) is 0 Å². The van der Waals surface area contributed by atoms with Gasteiger partial charge in [0.25, 0.3) is 0 Å². The standard InChI is InChI=1S/C36H48N4O/c1-10-13-27-23(8)33-17-31-19(4)16-28(24(9)41)30(38-31)15-14-29-22(7)25(11-2)34(37-29)18-32-20(5)21(6)35(39-32)26(12-3)36(27)40-33/h14,17-18,22-23,25,27,38-39H,10-13,15-16H2,1-9H3/b29-14-,32-18-,33-17?,35-26-/t22-,23+,25?,27?/m1/s1. The summed E-state index contributed by atoms with van der Waals surface area (Å²) in [6, 6.07) is 0. The van der Waals surface area contributed by atoms with E-state index in [-0.39, 0.29) is 5.78 Å². The van der Waals surface area contributed by atoms with Crippen molar-refractivity contribution in [3.8, 4) is 0 Å². The van der Waals surface area contributed by atoms with Gasteiger partial charge in [-0.1, -0.05) is 47.1 Å². The Morgan fingerprint density at radius 1 is 0.976 bits per heavy atom. The first-order valence-corrected chi connectivity index (χ1v) is 15.8. The number of carbonyl (C=O) groups excluding carboxylic acids is 1.